The second kappa shape index (κ2) is 7.87. The number of esters is 1. The summed E-state index contributed by atoms with van der Waals surface area (Å²) in [5.74, 6) is -1.92. The van der Waals surface area contributed by atoms with Gasteiger partial charge in [-0.15, -0.1) is 0 Å². The number of carbonyl (C=O) groups is 3. The van der Waals surface area contributed by atoms with Gasteiger partial charge >= 0.3 is 5.97 Å². The molecule has 0 saturated carbocycles. The van der Waals surface area contributed by atoms with Gasteiger partial charge in [-0.05, 0) is 57.5 Å². The van der Waals surface area contributed by atoms with Crippen LogP contribution in [0.1, 0.15) is 56.5 Å². The van der Waals surface area contributed by atoms with E-state index in [-0.39, 0.29) is 28.6 Å². The Kier molecular flexibility index (Phi) is 5.50. The lowest BCUT2D eigenvalue weighted by molar-refractivity contribution is 0.0288. The first-order valence-electron chi connectivity index (χ1n) is 9.00. The van der Waals surface area contributed by atoms with Gasteiger partial charge in [0.1, 0.15) is 11.6 Å². The fourth-order valence-electron chi connectivity index (χ4n) is 3.25. The largest absolute Gasteiger partial charge is 0.449 e. The van der Waals surface area contributed by atoms with Crippen LogP contribution in [-0.4, -0.2) is 28.6 Å². The Hall–Kier alpha value is -3.48. The highest BCUT2D eigenvalue weighted by Crippen LogP contribution is 2.26. The lowest BCUT2D eigenvalue weighted by Gasteiger charge is -2.11. The van der Waals surface area contributed by atoms with Crippen LogP contribution in [0.25, 0.3) is 11.3 Å². The molecule has 7 heteroatoms. The average Bonchev–Trinajstić information content (AvgIpc) is 3.26. The van der Waals surface area contributed by atoms with Crippen LogP contribution in [0.3, 0.4) is 0 Å². The molecule has 2 aromatic heterocycles. The van der Waals surface area contributed by atoms with Gasteiger partial charge in [0.05, 0.1) is 11.3 Å². The van der Waals surface area contributed by atoms with E-state index in [9.17, 15) is 18.8 Å². The van der Waals surface area contributed by atoms with Gasteiger partial charge in [-0.3, -0.25) is 9.59 Å². The van der Waals surface area contributed by atoms with E-state index in [4.69, 9.17) is 9.15 Å². The molecule has 0 aliphatic carbocycles. The van der Waals surface area contributed by atoms with Crippen molar-refractivity contribution in [2.24, 2.45) is 0 Å². The molecule has 0 aliphatic rings. The molecule has 0 radical (unpaired) electrons. The van der Waals surface area contributed by atoms with E-state index < -0.39 is 23.7 Å². The molecule has 1 aromatic carbocycles. The Morgan fingerprint density at radius 3 is 2.41 bits per heavy atom. The summed E-state index contributed by atoms with van der Waals surface area (Å²) < 4.78 is 24.5. The number of hydrogen-bond acceptors (Lipinski definition) is 5. The second-order valence-corrected chi connectivity index (χ2v) is 6.74. The van der Waals surface area contributed by atoms with Gasteiger partial charge in [0, 0.05) is 11.3 Å². The smallest absolute Gasteiger partial charge is 0.374 e. The van der Waals surface area contributed by atoms with Crippen molar-refractivity contribution in [3.63, 3.8) is 0 Å². The summed E-state index contributed by atoms with van der Waals surface area (Å²) in [4.78, 5) is 39.7. The predicted molar refractivity (Wildman–Crippen MR) is 104 cm³/mol. The Morgan fingerprint density at radius 2 is 1.79 bits per heavy atom. The molecule has 0 aliphatic heterocycles. The van der Waals surface area contributed by atoms with E-state index in [2.05, 4.69) is 4.98 Å². The van der Waals surface area contributed by atoms with Crippen LogP contribution < -0.4 is 0 Å². The van der Waals surface area contributed by atoms with Crippen LogP contribution in [0.2, 0.25) is 0 Å². The molecule has 0 unspecified atom stereocenters. The van der Waals surface area contributed by atoms with E-state index in [1.807, 2.05) is 0 Å². The number of aromatic nitrogens is 1. The van der Waals surface area contributed by atoms with E-state index in [0.717, 1.165) is 0 Å². The number of rotatable bonds is 6. The molecule has 29 heavy (non-hydrogen) atoms. The minimum absolute atomic E-state index is 0.147. The summed E-state index contributed by atoms with van der Waals surface area (Å²) in [6.07, 6.45) is -1.11. The van der Waals surface area contributed by atoms with Crippen molar-refractivity contribution in [2.45, 2.75) is 33.8 Å². The Bertz CT molecular complexity index is 1110. The highest BCUT2D eigenvalue weighted by atomic mass is 19.1. The first-order chi connectivity index (χ1) is 13.7. The zero-order chi connectivity index (χ0) is 21.3. The van der Waals surface area contributed by atoms with Gasteiger partial charge < -0.3 is 14.1 Å². The number of furan rings is 1. The van der Waals surface area contributed by atoms with Crippen molar-refractivity contribution >= 4 is 17.5 Å². The number of Topliss-reactive ketones (excluding diaryl/α,β-unsaturated/α-hetero) is 2. The van der Waals surface area contributed by atoms with E-state index in [1.54, 1.807) is 26.0 Å². The quantitative estimate of drug-likeness (QED) is 0.483. The molecule has 0 amide bonds. The molecule has 1 atom stereocenters. The first kappa shape index (κ1) is 20.3. The summed E-state index contributed by atoms with van der Waals surface area (Å²) in [6, 6.07) is 8.82. The highest BCUT2D eigenvalue weighted by Gasteiger charge is 2.27. The number of nitrogens with one attached hydrogen (secondary N) is 1. The second-order valence-electron chi connectivity index (χ2n) is 6.74. The maximum absolute atomic E-state index is 13.9. The Balaban J connectivity index is 1.76. The number of halogens is 1. The third-order valence-electron chi connectivity index (χ3n) is 4.64. The molecule has 6 nitrogen and oxygen atoms in total. The molecule has 2 heterocycles. The van der Waals surface area contributed by atoms with Crippen LogP contribution in [0.4, 0.5) is 4.39 Å². The van der Waals surface area contributed by atoms with Gasteiger partial charge in [-0.2, -0.15) is 0 Å². The van der Waals surface area contributed by atoms with Gasteiger partial charge in [0.2, 0.25) is 11.5 Å². The van der Waals surface area contributed by atoms with Crippen molar-refractivity contribution in [3.05, 3.63) is 70.5 Å². The number of benzene rings is 1. The summed E-state index contributed by atoms with van der Waals surface area (Å²) >= 11 is 0. The van der Waals surface area contributed by atoms with Crippen molar-refractivity contribution in [3.8, 4) is 11.3 Å². The number of ketones is 2. The molecule has 0 bridgehead atoms. The van der Waals surface area contributed by atoms with Crippen molar-refractivity contribution in [2.75, 3.05) is 0 Å². The van der Waals surface area contributed by atoms with Gasteiger partial charge in [0.25, 0.3) is 0 Å². The zero-order valence-electron chi connectivity index (χ0n) is 16.5. The van der Waals surface area contributed by atoms with E-state index >= 15 is 0 Å². The normalized spacial score (nSPS) is 11.9. The van der Waals surface area contributed by atoms with Crippen LogP contribution in [0.5, 0.6) is 0 Å². The molecule has 0 saturated heterocycles. The number of ether oxygens (including phenoxy) is 1. The summed E-state index contributed by atoms with van der Waals surface area (Å²) in [5.41, 5.74) is 1.98. The molecule has 150 valence electrons. The fraction of sp³-hybridized carbons (Fsp3) is 0.227. The van der Waals surface area contributed by atoms with Crippen LogP contribution in [-0.2, 0) is 4.74 Å². The topological polar surface area (TPSA) is 89.4 Å². The maximum atomic E-state index is 13.9. The molecule has 3 rings (SSSR count). The maximum Gasteiger partial charge on any atom is 0.374 e. The standard InChI is InChI=1S/C22H20FNO5/c1-11-19(13(3)25)12(2)24-20(11)21(26)14(4)28-22(27)18-10-9-17(29-18)15-7-5-6-8-16(15)23/h5-10,14,24H,1-4H3/t14-/m1/s1. The van der Waals surface area contributed by atoms with Crippen LogP contribution in [0.15, 0.2) is 40.8 Å². The van der Waals surface area contributed by atoms with Crippen LogP contribution in [0, 0.1) is 19.7 Å². The molecule has 1 N–H and O–H groups in total. The lowest BCUT2D eigenvalue weighted by atomic mass is 10.0. The minimum atomic E-state index is -1.11. The molecular formula is C22H20FNO5. The number of H-pyrrole nitrogens is 1. The third-order valence-corrected chi connectivity index (χ3v) is 4.64. The van der Waals surface area contributed by atoms with Crippen LogP contribution >= 0.6 is 0 Å². The SMILES string of the molecule is CC(=O)c1c(C)[nH]c(C(=O)[C@@H](C)OC(=O)c2ccc(-c3ccccc3F)o2)c1C. The highest BCUT2D eigenvalue weighted by molar-refractivity contribution is 6.05. The first-order valence-corrected chi connectivity index (χ1v) is 9.00. The van der Waals surface area contributed by atoms with Gasteiger partial charge in [-0.1, -0.05) is 12.1 Å². The summed E-state index contributed by atoms with van der Waals surface area (Å²) in [7, 11) is 0. The average molecular weight is 397 g/mol. The summed E-state index contributed by atoms with van der Waals surface area (Å²) in [5, 5.41) is 0. The Morgan fingerprint density at radius 1 is 1.10 bits per heavy atom. The van der Waals surface area contributed by atoms with E-state index in [1.165, 1.54) is 38.1 Å². The molecule has 0 fully saturated rings. The summed E-state index contributed by atoms with van der Waals surface area (Å²) in [6.45, 7) is 6.22. The third kappa shape index (κ3) is 3.89. The predicted octanol–water partition coefficient (Wildman–Crippen LogP) is 4.66. The number of aromatic amines is 1. The van der Waals surface area contributed by atoms with Crippen molar-refractivity contribution in [1.29, 1.82) is 0 Å². The van der Waals surface area contributed by atoms with Crippen molar-refractivity contribution < 1.29 is 27.9 Å². The zero-order valence-corrected chi connectivity index (χ0v) is 16.5. The van der Waals surface area contributed by atoms with Crippen molar-refractivity contribution in [1.82, 2.24) is 4.98 Å². The lowest BCUT2D eigenvalue weighted by Crippen LogP contribution is -2.25. The number of carbonyl (C=O) groups excluding carboxylic acids is 3. The number of aryl methyl sites for hydroxylation is 1. The molecular weight excluding hydrogens is 377 g/mol. The van der Waals surface area contributed by atoms with Gasteiger partial charge in [0.15, 0.2) is 11.9 Å². The molecule has 3 aromatic rings. The van der Waals surface area contributed by atoms with E-state index in [0.29, 0.717) is 16.8 Å². The molecule has 0 spiro atoms. The minimum Gasteiger partial charge on any atom is -0.449 e. The fourth-order valence-corrected chi connectivity index (χ4v) is 3.25. The Labute approximate surface area is 166 Å². The number of hydrogen-bond donors (Lipinski definition) is 1. The monoisotopic (exact) mass is 397 g/mol. The van der Waals surface area contributed by atoms with Gasteiger partial charge in [-0.25, -0.2) is 9.18 Å².